The first-order valence-electron chi connectivity index (χ1n) is 7.02. The molecule has 0 radical (unpaired) electrons. The molecule has 4 aromatic rings. The third-order valence-corrected chi connectivity index (χ3v) is 4.86. The number of aromatic nitrogens is 3. The van der Waals surface area contributed by atoms with Gasteiger partial charge < -0.3 is 0 Å². The minimum Gasteiger partial charge on any atom is -0.265 e. The van der Waals surface area contributed by atoms with Gasteiger partial charge in [0.15, 0.2) is 5.69 Å². The molecule has 0 saturated carbocycles. The normalized spacial score (nSPS) is 11.1. The molecule has 2 aromatic heterocycles. The van der Waals surface area contributed by atoms with Crippen molar-refractivity contribution in [3.05, 3.63) is 74.3 Å². The summed E-state index contributed by atoms with van der Waals surface area (Å²) in [7, 11) is 0. The van der Waals surface area contributed by atoms with Crippen molar-refractivity contribution in [2.24, 2.45) is 0 Å². The van der Waals surface area contributed by atoms with E-state index in [4.69, 9.17) is 23.2 Å². The van der Waals surface area contributed by atoms with Gasteiger partial charge in [0, 0.05) is 26.6 Å². The topological polar surface area (TPSA) is 47.3 Å². The Kier molecular flexibility index (Phi) is 3.84. The van der Waals surface area contributed by atoms with Crippen LogP contribution >= 0.6 is 34.5 Å². The fraction of sp³-hybridized carbons (Fsp3) is 0. The number of hydrogen-bond acceptors (Lipinski definition) is 4. The Hall–Kier alpha value is -2.21. The molecule has 0 aliphatic carbocycles. The van der Waals surface area contributed by atoms with Gasteiger partial charge in [-0.3, -0.25) is 4.79 Å². The number of benzene rings is 2. The highest BCUT2D eigenvalue weighted by Crippen LogP contribution is 2.26. The third-order valence-electron chi connectivity index (χ3n) is 3.54. The van der Waals surface area contributed by atoms with Crippen LogP contribution in [0.2, 0.25) is 10.0 Å². The van der Waals surface area contributed by atoms with Crippen LogP contribution in [0.3, 0.4) is 0 Å². The van der Waals surface area contributed by atoms with E-state index in [1.165, 1.54) is 11.3 Å². The van der Waals surface area contributed by atoms with Crippen LogP contribution in [0, 0.1) is 0 Å². The summed E-state index contributed by atoms with van der Waals surface area (Å²) < 4.78 is 1.68. The van der Waals surface area contributed by atoms with Crippen molar-refractivity contribution in [3.8, 4) is 22.5 Å². The number of halogens is 2. The van der Waals surface area contributed by atoms with E-state index in [2.05, 4.69) is 10.1 Å². The van der Waals surface area contributed by atoms with Crippen molar-refractivity contribution in [2.45, 2.75) is 0 Å². The lowest BCUT2D eigenvalue weighted by atomic mass is 10.1. The monoisotopic (exact) mass is 373 g/mol. The van der Waals surface area contributed by atoms with Gasteiger partial charge in [-0.2, -0.15) is 10.1 Å². The SMILES string of the molecule is O=c1nc2scc(-c3ccc(Cl)cc3)n2nc1-c1ccc(Cl)cc1. The van der Waals surface area contributed by atoms with Crippen molar-refractivity contribution in [1.82, 2.24) is 14.6 Å². The van der Waals surface area contributed by atoms with E-state index in [0.717, 1.165) is 11.3 Å². The highest BCUT2D eigenvalue weighted by atomic mass is 35.5. The van der Waals surface area contributed by atoms with Crippen LogP contribution in [-0.4, -0.2) is 14.6 Å². The molecule has 118 valence electrons. The predicted octanol–water partition coefficient (Wildman–Crippen LogP) is 4.79. The maximum Gasteiger partial charge on any atom is 0.300 e. The molecule has 0 spiro atoms. The Balaban J connectivity index is 1.92. The lowest BCUT2D eigenvalue weighted by Gasteiger charge is -2.04. The third kappa shape index (κ3) is 2.71. The number of nitrogens with zero attached hydrogens (tertiary/aromatic N) is 3. The van der Waals surface area contributed by atoms with Gasteiger partial charge >= 0.3 is 5.56 Å². The molecular formula is C17H9Cl2N3OS. The van der Waals surface area contributed by atoms with Gasteiger partial charge in [0.05, 0.1) is 5.69 Å². The number of fused-ring (bicyclic) bond motifs is 1. The van der Waals surface area contributed by atoms with E-state index in [1.54, 1.807) is 28.8 Å². The Morgan fingerprint density at radius 2 is 1.46 bits per heavy atom. The molecule has 0 unspecified atom stereocenters. The molecule has 0 atom stereocenters. The van der Waals surface area contributed by atoms with Crippen LogP contribution in [0.15, 0.2) is 58.7 Å². The lowest BCUT2D eigenvalue weighted by Crippen LogP contribution is -2.14. The summed E-state index contributed by atoms with van der Waals surface area (Å²) in [6, 6.07) is 14.4. The molecule has 4 nitrogen and oxygen atoms in total. The molecule has 0 saturated heterocycles. The fourth-order valence-electron chi connectivity index (χ4n) is 2.36. The summed E-state index contributed by atoms with van der Waals surface area (Å²) in [4.78, 5) is 17.0. The predicted molar refractivity (Wildman–Crippen MR) is 98.0 cm³/mol. The Morgan fingerprint density at radius 3 is 2.08 bits per heavy atom. The number of hydrogen-bond donors (Lipinski definition) is 0. The van der Waals surface area contributed by atoms with Gasteiger partial charge in [-0.1, -0.05) is 47.5 Å². The number of rotatable bonds is 2. The molecule has 0 aliphatic heterocycles. The van der Waals surface area contributed by atoms with Crippen molar-refractivity contribution >= 4 is 39.5 Å². The summed E-state index contributed by atoms with van der Waals surface area (Å²) >= 11 is 13.2. The van der Waals surface area contributed by atoms with Gasteiger partial charge in [-0.05, 0) is 24.3 Å². The molecule has 2 heterocycles. The van der Waals surface area contributed by atoms with E-state index in [1.807, 2.05) is 29.6 Å². The van der Waals surface area contributed by atoms with Crippen LogP contribution in [0.5, 0.6) is 0 Å². The highest BCUT2D eigenvalue weighted by molar-refractivity contribution is 7.15. The molecular weight excluding hydrogens is 365 g/mol. The smallest absolute Gasteiger partial charge is 0.265 e. The molecule has 24 heavy (non-hydrogen) atoms. The first-order chi connectivity index (χ1) is 11.6. The largest absolute Gasteiger partial charge is 0.300 e. The second kappa shape index (κ2) is 6.02. The first kappa shape index (κ1) is 15.3. The van der Waals surface area contributed by atoms with Gasteiger partial charge in [0.1, 0.15) is 0 Å². The summed E-state index contributed by atoms with van der Waals surface area (Å²) in [5, 5.41) is 7.70. The van der Waals surface area contributed by atoms with Crippen LogP contribution < -0.4 is 5.56 Å². The van der Waals surface area contributed by atoms with Crippen LogP contribution in [0.25, 0.3) is 27.5 Å². The lowest BCUT2D eigenvalue weighted by molar-refractivity contribution is 0.914. The molecule has 7 heteroatoms. The summed E-state index contributed by atoms with van der Waals surface area (Å²) in [5.74, 6) is 0. The Morgan fingerprint density at radius 1 is 0.875 bits per heavy atom. The first-order valence-corrected chi connectivity index (χ1v) is 8.66. The molecule has 0 amide bonds. The highest BCUT2D eigenvalue weighted by Gasteiger charge is 2.13. The van der Waals surface area contributed by atoms with Crippen molar-refractivity contribution < 1.29 is 0 Å². The second-order valence-corrected chi connectivity index (χ2v) is 6.80. The molecule has 2 aromatic carbocycles. The zero-order valence-electron chi connectivity index (χ0n) is 12.1. The minimum atomic E-state index is -0.359. The minimum absolute atomic E-state index is 0.290. The molecule has 0 fully saturated rings. The van der Waals surface area contributed by atoms with Crippen molar-refractivity contribution in [1.29, 1.82) is 0 Å². The second-order valence-electron chi connectivity index (χ2n) is 5.09. The Bertz CT molecular complexity index is 1090. The molecule has 0 bridgehead atoms. The van der Waals surface area contributed by atoms with E-state index in [9.17, 15) is 4.79 Å². The summed E-state index contributed by atoms with van der Waals surface area (Å²) in [6.45, 7) is 0. The maximum atomic E-state index is 12.3. The molecule has 0 N–H and O–H groups in total. The zero-order chi connectivity index (χ0) is 16.7. The van der Waals surface area contributed by atoms with Gasteiger partial charge in [-0.25, -0.2) is 4.52 Å². The van der Waals surface area contributed by atoms with E-state index in [0.29, 0.717) is 20.6 Å². The van der Waals surface area contributed by atoms with Gasteiger partial charge in [0.2, 0.25) is 4.96 Å². The summed E-state index contributed by atoms with van der Waals surface area (Å²) in [5.41, 5.74) is 2.42. The summed E-state index contributed by atoms with van der Waals surface area (Å²) in [6.07, 6.45) is 0. The fourth-order valence-corrected chi connectivity index (χ4v) is 3.44. The van der Waals surface area contributed by atoms with Gasteiger partial charge in [0.25, 0.3) is 0 Å². The van der Waals surface area contributed by atoms with E-state index >= 15 is 0 Å². The van der Waals surface area contributed by atoms with E-state index < -0.39 is 0 Å². The average molecular weight is 374 g/mol. The average Bonchev–Trinajstić information content (AvgIpc) is 2.98. The van der Waals surface area contributed by atoms with Crippen LogP contribution in [0.1, 0.15) is 0 Å². The molecule has 0 aliphatic rings. The Labute approximate surface area is 150 Å². The number of thiazole rings is 1. The van der Waals surface area contributed by atoms with Gasteiger partial charge in [-0.15, -0.1) is 11.3 Å². The molecule has 4 rings (SSSR count). The van der Waals surface area contributed by atoms with Crippen LogP contribution in [-0.2, 0) is 0 Å². The van der Waals surface area contributed by atoms with E-state index in [-0.39, 0.29) is 11.3 Å². The zero-order valence-corrected chi connectivity index (χ0v) is 14.4. The van der Waals surface area contributed by atoms with Crippen molar-refractivity contribution in [3.63, 3.8) is 0 Å². The maximum absolute atomic E-state index is 12.3. The van der Waals surface area contributed by atoms with Crippen molar-refractivity contribution in [2.75, 3.05) is 0 Å². The van der Waals surface area contributed by atoms with Crippen LogP contribution in [0.4, 0.5) is 0 Å². The standard InChI is InChI=1S/C17H9Cl2N3OS/c18-12-5-1-10(2-6-12)14-9-24-17-20-16(23)15(21-22(14)17)11-3-7-13(19)8-4-11/h1-9H. The quantitative estimate of drug-likeness (QED) is 0.507.